The van der Waals surface area contributed by atoms with Gasteiger partial charge in [-0.3, -0.25) is 0 Å². The number of amides is 1. The molecule has 1 aliphatic rings. The highest BCUT2D eigenvalue weighted by Gasteiger charge is 2.42. The number of nitrogens with one attached hydrogen (secondary N) is 1. The van der Waals surface area contributed by atoms with Gasteiger partial charge in [-0.1, -0.05) is 65.3 Å². The van der Waals surface area contributed by atoms with Crippen LogP contribution in [0.5, 0.6) is 5.75 Å². The van der Waals surface area contributed by atoms with E-state index in [2.05, 4.69) is 63.2 Å². The molecule has 296 valence electrons. The normalized spacial score (nSPS) is 15.2. The highest BCUT2D eigenvalue weighted by atomic mass is 32.2. The van der Waals surface area contributed by atoms with Crippen LogP contribution < -0.4 is 15.0 Å². The van der Waals surface area contributed by atoms with Crippen molar-refractivity contribution in [3.05, 3.63) is 47.2 Å². The average Bonchev–Trinajstić information content (AvgIpc) is 3.11. The highest BCUT2D eigenvalue weighted by Crippen LogP contribution is 2.43. The van der Waals surface area contributed by atoms with Crippen LogP contribution in [0.3, 0.4) is 0 Å². The summed E-state index contributed by atoms with van der Waals surface area (Å²) in [5.74, 6) is 3.13. The van der Waals surface area contributed by atoms with Crippen molar-refractivity contribution in [3.8, 4) is 28.5 Å². The Bertz CT molecular complexity index is 2110. The number of benzene rings is 2. The number of methoxy groups -OCH3 is 1. The first-order chi connectivity index (χ1) is 25.9. The van der Waals surface area contributed by atoms with E-state index in [9.17, 15) is 4.79 Å². The predicted octanol–water partition coefficient (Wildman–Crippen LogP) is 10.2. The van der Waals surface area contributed by atoms with Crippen LogP contribution in [0.2, 0.25) is 16.6 Å². The van der Waals surface area contributed by atoms with Gasteiger partial charge in [0.25, 0.3) is 0 Å². The summed E-state index contributed by atoms with van der Waals surface area (Å²) in [4.78, 5) is 29.2. The molecule has 13 heteroatoms. The van der Waals surface area contributed by atoms with Crippen LogP contribution in [0, 0.1) is 30.0 Å². The summed E-state index contributed by atoms with van der Waals surface area (Å²) in [5, 5.41) is 4.93. The van der Waals surface area contributed by atoms with Crippen LogP contribution in [0.1, 0.15) is 86.4 Å². The second-order valence-corrected chi connectivity index (χ2v) is 22.6. The van der Waals surface area contributed by atoms with Gasteiger partial charge in [-0.15, -0.1) is 5.54 Å². The maximum atomic E-state index is 17.4. The Balaban J connectivity index is 1.74. The number of hydrogen-bond acceptors (Lipinski definition) is 9. The van der Waals surface area contributed by atoms with Gasteiger partial charge < -0.3 is 24.4 Å². The fraction of sp³-hybridized carbons (Fsp3) is 0.524. The summed E-state index contributed by atoms with van der Waals surface area (Å²) in [7, 11) is -0.753. The van der Waals surface area contributed by atoms with Gasteiger partial charge in [0, 0.05) is 37.2 Å². The average molecular weight is 792 g/mol. The molecule has 1 fully saturated rings. The maximum Gasteiger partial charge on any atom is 0.407 e. The van der Waals surface area contributed by atoms with Crippen molar-refractivity contribution >= 4 is 53.4 Å². The van der Waals surface area contributed by atoms with Crippen molar-refractivity contribution < 1.29 is 27.8 Å². The number of pyridine rings is 1. The molecule has 0 unspecified atom stereocenters. The molecule has 1 saturated heterocycles. The quantitative estimate of drug-likeness (QED) is 0.0553. The molecule has 0 aliphatic carbocycles. The largest absolute Gasteiger partial charge is 0.468 e. The van der Waals surface area contributed by atoms with Gasteiger partial charge in [-0.05, 0) is 87.0 Å². The van der Waals surface area contributed by atoms with E-state index >= 15 is 8.78 Å². The number of piperidine rings is 1. The molecule has 0 radical (unpaired) electrons. The maximum absolute atomic E-state index is 17.4. The predicted molar refractivity (Wildman–Crippen MR) is 222 cm³/mol. The smallest absolute Gasteiger partial charge is 0.407 e. The van der Waals surface area contributed by atoms with Crippen LogP contribution >= 0.6 is 11.8 Å². The number of carbonyl (C=O) groups is 1. The van der Waals surface area contributed by atoms with Crippen molar-refractivity contribution in [2.75, 3.05) is 38.1 Å². The minimum Gasteiger partial charge on any atom is -0.468 e. The van der Waals surface area contributed by atoms with E-state index in [1.165, 1.54) is 24.9 Å². The number of alkyl carbamates (subject to hydrolysis) is 1. The first-order valence-corrected chi connectivity index (χ1v) is 22.4. The summed E-state index contributed by atoms with van der Waals surface area (Å²) in [6.07, 6.45) is 2.89. The number of rotatable bonds is 10. The second-order valence-electron chi connectivity index (χ2n) is 16.2. The fourth-order valence-corrected chi connectivity index (χ4v) is 13.7. The van der Waals surface area contributed by atoms with E-state index in [1.54, 1.807) is 25.1 Å². The minimum atomic E-state index is -2.27. The zero-order valence-corrected chi connectivity index (χ0v) is 36.1. The van der Waals surface area contributed by atoms with Gasteiger partial charge in [-0.25, -0.2) is 28.5 Å². The van der Waals surface area contributed by atoms with Gasteiger partial charge >= 0.3 is 6.09 Å². The van der Waals surface area contributed by atoms with Gasteiger partial charge in [0.2, 0.25) is 0 Å². The van der Waals surface area contributed by atoms with Crippen LogP contribution in [-0.2, 0) is 9.47 Å². The van der Waals surface area contributed by atoms with Gasteiger partial charge in [0.05, 0.1) is 16.6 Å². The fourth-order valence-electron chi connectivity index (χ4n) is 8.10. The number of thioether (sulfide) groups is 1. The zero-order valence-electron chi connectivity index (χ0n) is 34.2. The number of aromatic nitrogens is 3. The van der Waals surface area contributed by atoms with E-state index in [4.69, 9.17) is 29.2 Å². The number of nitrogens with zero attached hydrogens (tertiary/aromatic N) is 4. The van der Waals surface area contributed by atoms with E-state index < -0.39 is 31.4 Å². The van der Waals surface area contributed by atoms with Crippen molar-refractivity contribution in [3.63, 3.8) is 0 Å². The molecular weight excluding hydrogens is 737 g/mol. The zero-order chi connectivity index (χ0) is 40.4. The molecule has 0 bridgehead atoms. The van der Waals surface area contributed by atoms with E-state index in [0.717, 1.165) is 12.8 Å². The van der Waals surface area contributed by atoms with Crippen LogP contribution in [-0.4, -0.2) is 74.0 Å². The molecule has 1 amide bonds. The first kappa shape index (κ1) is 42.2. The topological polar surface area (TPSA) is 98.7 Å². The SMILES string of the molecule is COCOc1cc(-c2nc(C)c3c(N4CCC[C@H](NC(=O)OC(C)(C)C)C4)nc(SC)nc3c2F)c2c(C#C[Si](C(C)C)(C(C)C)C(C)C)c(F)ccc2c1. The summed E-state index contributed by atoms with van der Waals surface area (Å²) in [6.45, 7) is 21.6. The number of ether oxygens (including phenoxy) is 3. The molecule has 55 heavy (non-hydrogen) atoms. The Morgan fingerprint density at radius 2 is 1.75 bits per heavy atom. The van der Waals surface area contributed by atoms with E-state index in [0.29, 0.717) is 73.9 Å². The molecular formula is C42H55F2N5O4SSi. The van der Waals surface area contributed by atoms with Crippen LogP contribution in [0.4, 0.5) is 19.4 Å². The lowest BCUT2D eigenvalue weighted by atomic mass is 9.95. The molecule has 0 saturated carbocycles. The highest BCUT2D eigenvalue weighted by molar-refractivity contribution is 7.98. The van der Waals surface area contributed by atoms with Crippen LogP contribution in [0.25, 0.3) is 32.9 Å². The third kappa shape index (κ3) is 8.87. The Labute approximate surface area is 329 Å². The molecule has 0 spiro atoms. The van der Waals surface area contributed by atoms with Crippen molar-refractivity contribution in [2.24, 2.45) is 0 Å². The standard InChI is InChI=1S/C42H55F2N5O4SSi/c1-24(2)55(25(3)4,26(5)6)19-17-31-33(43)16-15-28-20-30(52-23-51-11)21-32(35(28)31)37-36(44)38-34(27(7)45-37)39(48-40(47-38)54-12)49-18-13-14-29(22-49)46-41(50)53-42(8,9)10/h15-16,20-21,24-26,29H,13-14,18,22-23H2,1-12H3,(H,46,50)/t29-/m0/s1. The van der Waals surface area contributed by atoms with Crippen molar-refractivity contribution in [2.45, 2.75) is 116 Å². The number of hydrogen-bond donors (Lipinski definition) is 1. The Hall–Kier alpha value is -3.99. The minimum absolute atomic E-state index is 0.00594. The number of fused-ring (bicyclic) bond motifs is 2. The lowest BCUT2D eigenvalue weighted by molar-refractivity contribution is 0.0498. The third-order valence-electron chi connectivity index (χ3n) is 10.5. The lowest BCUT2D eigenvalue weighted by Gasteiger charge is -2.38. The summed E-state index contributed by atoms with van der Waals surface area (Å²) in [5.41, 5.74) is 5.18. The molecule has 1 aliphatic heterocycles. The number of halogens is 2. The monoisotopic (exact) mass is 791 g/mol. The number of aryl methyl sites for hydroxylation is 1. The molecule has 3 heterocycles. The molecule has 2 aromatic carbocycles. The summed E-state index contributed by atoms with van der Waals surface area (Å²) < 4.78 is 50.2. The summed E-state index contributed by atoms with van der Waals surface area (Å²) in [6, 6.07) is 6.32. The Morgan fingerprint density at radius 1 is 1.05 bits per heavy atom. The van der Waals surface area contributed by atoms with Gasteiger partial charge in [0.15, 0.2) is 17.8 Å². The molecule has 4 aromatic rings. The first-order valence-electron chi connectivity index (χ1n) is 19.0. The van der Waals surface area contributed by atoms with Gasteiger partial charge in [-0.2, -0.15) is 0 Å². The lowest BCUT2D eigenvalue weighted by Crippen LogP contribution is -2.49. The second kappa shape index (κ2) is 17.0. The van der Waals surface area contributed by atoms with E-state index in [-0.39, 0.29) is 29.6 Å². The van der Waals surface area contributed by atoms with E-state index in [1.807, 2.05) is 27.0 Å². The molecule has 9 nitrogen and oxygen atoms in total. The van der Waals surface area contributed by atoms with Gasteiger partial charge in [0.1, 0.15) is 42.3 Å². The molecule has 2 aromatic heterocycles. The number of carbonyl (C=O) groups excluding carboxylic acids is 1. The van der Waals surface area contributed by atoms with Crippen LogP contribution in [0.15, 0.2) is 29.4 Å². The molecule has 1 N–H and O–H groups in total. The molecule has 1 atom stereocenters. The Kier molecular flexibility index (Phi) is 13.0. The van der Waals surface area contributed by atoms with Crippen molar-refractivity contribution in [1.29, 1.82) is 0 Å². The number of anilines is 1. The third-order valence-corrected chi connectivity index (χ3v) is 17.3. The van der Waals surface area contributed by atoms with Crippen molar-refractivity contribution in [1.82, 2.24) is 20.3 Å². The summed E-state index contributed by atoms with van der Waals surface area (Å²) >= 11 is 1.31. The Morgan fingerprint density at radius 3 is 2.36 bits per heavy atom. The molecule has 5 rings (SSSR count).